The van der Waals surface area contributed by atoms with Crippen molar-refractivity contribution in [1.29, 1.82) is 0 Å². The molecule has 0 radical (unpaired) electrons. The number of hydrogen-bond donors (Lipinski definition) is 1. The molecule has 0 saturated heterocycles. The largest absolute Gasteiger partial charge is 0.495 e. The second kappa shape index (κ2) is 4.27. The summed E-state index contributed by atoms with van der Waals surface area (Å²) < 4.78 is 5.39. The van der Waals surface area contributed by atoms with Gasteiger partial charge in [0.05, 0.1) is 12.1 Å². The van der Waals surface area contributed by atoms with Crippen LogP contribution in [0, 0.1) is 0 Å². The molecule has 1 fully saturated rings. The molecule has 0 aliphatic heterocycles. The van der Waals surface area contributed by atoms with Gasteiger partial charge in [-0.15, -0.1) is 0 Å². The zero-order valence-corrected chi connectivity index (χ0v) is 10.6. The van der Waals surface area contributed by atoms with Gasteiger partial charge in [0.1, 0.15) is 5.75 Å². The molecule has 1 unspecified atom stereocenters. The Bertz CT molecular complexity index is 388. The van der Waals surface area contributed by atoms with Crippen molar-refractivity contribution in [2.45, 2.75) is 37.6 Å². The molecule has 0 bridgehead atoms. The van der Waals surface area contributed by atoms with Gasteiger partial charge in [0.2, 0.25) is 0 Å². The first-order valence-electron chi connectivity index (χ1n) is 5.73. The molecule has 0 aromatic heterocycles. The third-order valence-electron chi connectivity index (χ3n) is 3.51. The van der Waals surface area contributed by atoms with Gasteiger partial charge in [0.25, 0.3) is 0 Å². The molecule has 2 rings (SSSR count). The summed E-state index contributed by atoms with van der Waals surface area (Å²) >= 11 is 6.14. The first-order valence-corrected chi connectivity index (χ1v) is 6.11. The van der Waals surface area contributed by atoms with E-state index in [0.29, 0.717) is 10.9 Å². The summed E-state index contributed by atoms with van der Waals surface area (Å²) in [7, 11) is 1.66. The molecule has 1 aliphatic carbocycles. The topological polar surface area (TPSA) is 35.2 Å². The quantitative estimate of drug-likeness (QED) is 0.875. The summed E-state index contributed by atoms with van der Waals surface area (Å²) in [5.41, 5.74) is 7.42. The molecule has 0 amide bonds. The monoisotopic (exact) mass is 239 g/mol. The van der Waals surface area contributed by atoms with E-state index < -0.39 is 0 Å². The first-order chi connectivity index (χ1) is 7.62. The minimum atomic E-state index is -0.0350. The molecule has 1 saturated carbocycles. The summed E-state index contributed by atoms with van der Waals surface area (Å²) in [6.45, 7) is 2.16. The number of rotatable bonds is 4. The van der Waals surface area contributed by atoms with Crippen molar-refractivity contribution in [3.63, 3.8) is 0 Å². The molecule has 0 heterocycles. The van der Waals surface area contributed by atoms with E-state index in [4.69, 9.17) is 22.1 Å². The van der Waals surface area contributed by atoms with Crippen molar-refractivity contribution in [3.8, 4) is 5.75 Å². The molecule has 2 N–H and O–H groups in total. The number of nitrogens with two attached hydrogens (primary N) is 1. The number of ether oxygens (including phenoxy) is 1. The minimum Gasteiger partial charge on any atom is -0.495 e. The summed E-state index contributed by atoms with van der Waals surface area (Å²) in [5, 5.41) is 0.669. The van der Waals surface area contributed by atoms with Gasteiger partial charge in [-0.2, -0.15) is 0 Å². The zero-order valence-electron chi connectivity index (χ0n) is 9.79. The molecular formula is C13H18ClNO. The van der Waals surface area contributed by atoms with Gasteiger partial charge in [0.15, 0.2) is 0 Å². The Morgan fingerprint density at radius 1 is 1.50 bits per heavy atom. The Balaban J connectivity index is 2.41. The van der Waals surface area contributed by atoms with E-state index >= 15 is 0 Å². The van der Waals surface area contributed by atoms with E-state index in [1.165, 1.54) is 0 Å². The second-order valence-corrected chi connectivity index (χ2v) is 4.96. The number of para-hydroxylation sites is 1. The highest BCUT2D eigenvalue weighted by Gasteiger charge is 2.46. The minimum absolute atomic E-state index is 0.0350. The molecule has 1 aliphatic rings. The maximum atomic E-state index is 6.31. The van der Waals surface area contributed by atoms with E-state index in [1.807, 2.05) is 12.1 Å². The van der Waals surface area contributed by atoms with E-state index in [2.05, 4.69) is 13.0 Å². The third kappa shape index (κ3) is 1.92. The van der Waals surface area contributed by atoms with Crippen molar-refractivity contribution in [2.75, 3.05) is 7.11 Å². The smallest absolute Gasteiger partial charge is 0.140 e. The van der Waals surface area contributed by atoms with Gasteiger partial charge in [-0.25, -0.2) is 0 Å². The Hall–Kier alpha value is -0.730. The van der Waals surface area contributed by atoms with Gasteiger partial charge in [-0.3, -0.25) is 0 Å². The van der Waals surface area contributed by atoms with Crippen LogP contribution in [0.2, 0.25) is 5.02 Å². The summed E-state index contributed by atoms with van der Waals surface area (Å²) in [6.07, 6.45) is 3.22. The third-order valence-corrected chi connectivity index (χ3v) is 3.80. The molecular weight excluding hydrogens is 222 g/mol. The van der Waals surface area contributed by atoms with E-state index in [1.54, 1.807) is 7.11 Å². The molecule has 1 aromatic carbocycles. The Kier molecular flexibility index (Phi) is 3.13. The first kappa shape index (κ1) is 11.7. The van der Waals surface area contributed by atoms with Gasteiger partial charge in [0, 0.05) is 17.0 Å². The summed E-state index contributed by atoms with van der Waals surface area (Å²) in [4.78, 5) is 0. The highest BCUT2D eigenvalue weighted by Crippen LogP contribution is 2.49. The van der Waals surface area contributed by atoms with E-state index in [9.17, 15) is 0 Å². The molecule has 3 heteroatoms. The lowest BCUT2D eigenvalue weighted by Gasteiger charge is -2.24. The number of halogens is 1. The number of hydrogen-bond acceptors (Lipinski definition) is 2. The van der Waals surface area contributed by atoms with Gasteiger partial charge >= 0.3 is 0 Å². The van der Waals surface area contributed by atoms with Crippen LogP contribution in [-0.2, 0) is 0 Å². The van der Waals surface area contributed by atoms with Crippen molar-refractivity contribution in [3.05, 3.63) is 28.8 Å². The fraction of sp³-hybridized carbons (Fsp3) is 0.538. The van der Waals surface area contributed by atoms with Crippen LogP contribution in [0.4, 0.5) is 0 Å². The van der Waals surface area contributed by atoms with Crippen LogP contribution in [0.3, 0.4) is 0 Å². The van der Waals surface area contributed by atoms with Crippen LogP contribution in [0.25, 0.3) is 0 Å². The molecule has 1 atom stereocenters. The van der Waals surface area contributed by atoms with Crippen LogP contribution in [0.15, 0.2) is 18.2 Å². The average Bonchev–Trinajstić information content (AvgIpc) is 2.98. The maximum Gasteiger partial charge on any atom is 0.140 e. The lowest BCUT2D eigenvalue weighted by atomic mass is 9.87. The lowest BCUT2D eigenvalue weighted by molar-refractivity contribution is 0.395. The molecule has 88 valence electrons. The Morgan fingerprint density at radius 3 is 2.69 bits per heavy atom. The average molecular weight is 240 g/mol. The fourth-order valence-electron chi connectivity index (χ4n) is 2.44. The SMILES string of the molecule is CCC(c1cccc(Cl)c1OC)C1(N)CC1. The predicted octanol–water partition coefficient (Wildman–Crippen LogP) is 3.33. The van der Waals surface area contributed by atoms with Gasteiger partial charge in [-0.05, 0) is 25.3 Å². The highest BCUT2D eigenvalue weighted by atomic mass is 35.5. The lowest BCUT2D eigenvalue weighted by Crippen LogP contribution is -2.30. The van der Waals surface area contributed by atoms with Crippen molar-refractivity contribution in [2.24, 2.45) is 5.73 Å². The molecule has 2 nitrogen and oxygen atoms in total. The standard InChI is InChI=1S/C13H18ClNO/c1-3-10(13(15)7-8-13)9-5-4-6-11(14)12(9)16-2/h4-6,10H,3,7-8,15H2,1-2H3. The highest BCUT2D eigenvalue weighted by molar-refractivity contribution is 6.32. The van der Waals surface area contributed by atoms with Crippen LogP contribution in [-0.4, -0.2) is 12.6 Å². The molecule has 16 heavy (non-hydrogen) atoms. The van der Waals surface area contributed by atoms with Crippen LogP contribution in [0.5, 0.6) is 5.75 Å². The summed E-state index contributed by atoms with van der Waals surface area (Å²) in [5.74, 6) is 1.13. The number of methoxy groups -OCH3 is 1. The van der Waals surface area contributed by atoms with Crippen LogP contribution in [0.1, 0.15) is 37.7 Å². The Morgan fingerprint density at radius 2 is 2.19 bits per heavy atom. The zero-order chi connectivity index (χ0) is 11.8. The van der Waals surface area contributed by atoms with Gasteiger partial charge < -0.3 is 10.5 Å². The number of benzene rings is 1. The van der Waals surface area contributed by atoms with Crippen LogP contribution < -0.4 is 10.5 Å². The Labute approximate surface area is 102 Å². The molecule has 1 aromatic rings. The van der Waals surface area contributed by atoms with Gasteiger partial charge in [-0.1, -0.05) is 30.7 Å². The van der Waals surface area contributed by atoms with Crippen molar-refractivity contribution >= 4 is 11.6 Å². The fourth-order valence-corrected chi connectivity index (χ4v) is 2.70. The van der Waals surface area contributed by atoms with E-state index in [0.717, 1.165) is 30.6 Å². The predicted molar refractivity (Wildman–Crippen MR) is 67.2 cm³/mol. The van der Waals surface area contributed by atoms with Crippen LogP contribution >= 0.6 is 11.6 Å². The molecule has 0 spiro atoms. The van der Waals surface area contributed by atoms with Crippen molar-refractivity contribution in [1.82, 2.24) is 0 Å². The normalized spacial score (nSPS) is 19.2. The van der Waals surface area contributed by atoms with Crippen molar-refractivity contribution < 1.29 is 4.74 Å². The van der Waals surface area contributed by atoms with E-state index in [-0.39, 0.29) is 5.54 Å². The second-order valence-electron chi connectivity index (χ2n) is 4.56. The maximum absolute atomic E-state index is 6.31. The summed E-state index contributed by atoms with van der Waals surface area (Å²) in [6, 6.07) is 5.90.